The van der Waals surface area contributed by atoms with Crippen LogP contribution in [0.5, 0.6) is 5.75 Å². The molecule has 0 saturated carbocycles. The van der Waals surface area contributed by atoms with Crippen LogP contribution in [-0.2, 0) is 26.3 Å². The first-order valence-electron chi connectivity index (χ1n) is 13.5. The second kappa shape index (κ2) is 12.2. The lowest BCUT2D eigenvalue weighted by atomic mass is 9.97. The van der Waals surface area contributed by atoms with Gasteiger partial charge in [0, 0.05) is 12.0 Å². The molecule has 1 saturated heterocycles. The molecule has 214 valence electrons. The smallest absolute Gasteiger partial charge is 0.329 e. The zero-order valence-corrected chi connectivity index (χ0v) is 24.4. The van der Waals surface area contributed by atoms with Crippen molar-refractivity contribution in [1.82, 2.24) is 20.4 Å². The van der Waals surface area contributed by atoms with Crippen molar-refractivity contribution >= 4 is 17.8 Å². The Kier molecular flexibility index (Phi) is 9.40. The van der Waals surface area contributed by atoms with Gasteiger partial charge in [-0.3, -0.25) is 9.59 Å². The molecule has 2 atom stereocenters. The molecule has 2 aromatic rings. The number of para-hydroxylation sites is 1. The van der Waals surface area contributed by atoms with Gasteiger partial charge >= 0.3 is 5.97 Å². The number of rotatable bonds is 9. The van der Waals surface area contributed by atoms with E-state index < -0.39 is 29.6 Å². The normalized spacial score (nSPS) is 16.7. The number of esters is 1. The van der Waals surface area contributed by atoms with Crippen LogP contribution in [0.1, 0.15) is 96.7 Å². The summed E-state index contributed by atoms with van der Waals surface area (Å²) >= 11 is 0. The van der Waals surface area contributed by atoms with Crippen LogP contribution < -0.4 is 10.1 Å². The van der Waals surface area contributed by atoms with Crippen molar-refractivity contribution < 1.29 is 28.4 Å². The molecule has 1 fully saturated rings. The van der Waals surface area contributed by atoms with E-state index in [0.717, 1.165) is 0 Å². The topological polar surface area (TPSA) is 124 Å². The number of carbonyl (C=O) groups is 3. The first-order chi connectivity index (χ1) is 18.2. The van der Waals surface area contributed by atoms with Crippen molar-refractivity contribution in [2.24, 2.45) is 5.92 Å². The van der Waals surface area contributed by atoms with E-state index in [4.69, 9.17) is 14.0 Å². The lowest BCUT2D eigenvalue weighted by molar-refractivity contribution is -0.163. The van der Waals surface area contributed by atoms with Gasteiger partial charge < -0.3 is 24.2 Å². The van der Waals surface area contributed by atoms with E-state index in [2.05, 4.69) is 15.5 Å². The summed E-state index contributed by atoms with van der Waals surface area (Å²) in [6, 6.07) is 5.34. The summed E-state index contributed by atoms with van der Waals surface area (Å²) < 4.78 is 16.8. The Morgan fingerprint density at radius 3 is 2.44 bits per heavy atom. The summed E-state index contributed by atoms with van der Waals surface area (Å²) in [6.07, 6.45) is 1.65. The van der Waals surface area contributed by atoms with Crippen molar-refractivity contribution in [3.05, 3.63) is 41.5 Å². The molecule has 0 spiro atoms. The summed E-state index contributed by atoms with van der Waals surface area (Å²) in [5, 5.41) is 6.86. The van der Waals surface area contributed by atoms with Crippen molar-refractivity contribution in [3.63, 3.8) is 0 Å². The molecule has 0 radical (unpaired) electrons. The SMILES string of the molecule is CC(C)C[C@@H](NC(=O)c1ccccc1OCc1noc(C(C)(C)C)n1)C(=O)N1CCC[C@@H]1C(=O)OC(C)(C)C. The maximum atomic E-state index is 13.7. The van der Waals surface area contributed by atoms with E-state index in [1.807, 2.05) is 34.6 Å². The van der Waals surface area contributed by atoms with Gasteiger partial charge in [0.05, 0.1) is 5.56 Å². The minimum absolute atomic E-state index is 0.0174. The molecule has 1 aliphatic rings. The fraction of sp³-hybridized carbons (Fsp3) is 0.621. The van der Waals surface area contributed by atoms with Gasteiger partial charge in [-0.1, -0.05) is 51.9 Å². The number of hydrogen-bond donors (Lipinski definition) is 1. The third-order valence-electron chi connectivity index (χ3n) is 6.12. The van der Waals surface area contributed by atoms with Crippen LogP contribution in [0.2, 0.25) is 0 Å². The zero-order valence-electron chi connectivity index (χ0n) is 24.4. The first kappa shape index (κ1) is 30.1. The van der Waals surface area contributed by atoms with E-state index >= 15 is 0 Å². The Labute approximate surface area is 230 Å². The van der Waals surface area contributed by atoms with Gasteiger partial charge in [0.2, 0.25) is 17.6 Å². The van der Waals surface area contributed by atoms with Crippen LogP contribution >= 0.6 is 0 Å². The first-order valence-corrected chi connectivity index (χ1v) is 13.5. The van der Waals surface area contributed by atoms with Crippen molar-refractivity contribution in [2.75, 3.05) is 6.54 Å². The summed E-state index contributed by atoms with van der Waals surface area (Å²) in [7, 11) is 0. The number of amides is 2. The number of nitrogens with zero attached hydrogens (tertiary/aromatic N) is 3. The highest BCUT2D eigenvalue weighted by Crippen LogP contribution is 2.25. The molecule has 0 bridgehead atoms. The van der Waals surface area contributed by atoms with E-state index in [-0.39, 0.29) is 29.4 Å². The van der Waals surface area contributed by atoms with Crippen molar-refractivity contribution in [3.8, 4) is 5.75 Å². The molecule has 1 aromatic heterocycles. The van der Waals surface area contributed by atoms with Crippen LogP contribution in [0.15, 0.2) is 28.8 Å². The predicted octanol–water partition coefficient (Wildman–Crippen LogP) is 4.42. The van der Waals surface area contributed by atoms with Gasteiger partial charge in [-0.25, -0.2) is 4.79 Å². The Bertz CT molecular complexity index is 1160. The maximum Gasteiger partial charge on any atom is 0.329 e. The second-order valence-corrected chi connectivity index (χ2v) is 12.4. The van der Waals surface area contributed by atoms with Crippen LogP contribution in [0.4, 0.5) is 0 Å². The molecule has 10 nitrogen and oxygen atoms in total. The van der Waals surface area contributed by atoms with Gasteiger partial charge in [-0.15, -0.1) is 0 Å². The summed E-state index contributed by atoms with van der Waals surface area (Å²) in [5.41, 5.74) is -0.665. The highest BCUT2D eigenvalue weighted by atomic mass is 16.6. The van der Waals surface area contributed by atoms with E-state index in [9.17, 15) is 14.4 Å². The second-order valence-electron chi connectivity index (χ2n) is 12.4. The van der Waals surface area contributed by atoms with Crippen LogP contribution in [-0.4, -0.2) is 57.1 Å². The third kappa shape index (κ3) is 8.28. The molecule has 0 unspecified atom stereocenters. The van der Waals surface area contributed by atoms with E-state index in [1.165, 1.54) is 0 Å². The lowest BCUT2D eigenvalue weighted by Crippen LogP contribution is -2.52. The number of nitrogens with one attached hydrogen (secondary N) is 1. The molecule has 1 aromatic carbocycles. The standard InChI is InChI=1S/C29H42N4O6/c1-18(2)16-20(25(35)33-15-11-13-21(33)26(36)38-29(6,7)8)30-24(34)19-12-9-10-14-22(19)37-17-23-31-27(39-32-23)28(3,4)5/h9-10,12,14,18,20-21H,11,13,15-17H2,1-8H3,(H,30,34)/t20-,21-/m1/s1. The lowest BCUT2D eigenvalue weighted by Gasteiger charge is -2.31. The van der Waals surface area contributed by atoms with Crippen molar-refractivity contribution in [2.45, 2.75) is 104 Å². The van der Waals surface area contributed by atoms with Crippen LogP contribution in [0.3, 0.4) is 0 Å². The Hall–Kier alpha value is -3.43. The quantitative estimate of drug-likeness (QED) is 0.462. The Morgan fingerprint density at radius 2 is 1.82 bits per heavy atom. The average molecular weight is 543 g/mol. The largest absolute Gasteiger partial charge is 0.485 e. The van der Waals surface area contributed by atoms with E-state index in [0.29, 0.717) is 43.3 Å². The van der Waals surface area contributed by atoms with Crippen LogP contribution in [0, 0.1) is 5.92 Å². The number of likely N-dealkylation sites (tertiary alicyclic amines) is 1. The number of aromatic nitrogens is 2. The minimum atomic E-state index is -0.805. The molecule has 2 heterocycles. The van der Waals surface area contributed by atoms with Gasteiger partial charge in [0.1, 0.15) is 23.4 Å². The van der Waals surface area contributed by atoms with Gasteiger partial charge in [-0.05, 0) is 58.1 Å². The predicted molar refractivity (Wildman–Crippen MR) is 145 cm³/mol. The molecular formula is C29H42N4O6. The molecule has 10 heteroatoms. The van der Waals surface area contributed by atoms with Gasteiger partial charge in [-0.2, -0.15) is 4.98 Å². The third-order valence-corrected chi connectivity index (χ3v) is 6.12. The van der Waals surface area contributed by atoms with Gasteiger partial charge in [0.25, 0.3) is 5.91 Å². The molecular weight excluding hydrogens is 500 g/mol. The fourth-order valence-corrected chi connectivity index (χ4v) is 4.31. The Balaban J connectivity index is 1.74. The summed E-state index contributed by atoms with van der Waals surface area (Å²) in [4.78, 5) is 45.8. The molecule has 1 N–H and O–H groups in total. The monoisotopic (exact) mass is 542 g/mol. The maximum absolute atomic E-state index is 13.7. The summed E-state index contributed by atoms with van der Waals surface area (Å²) in [6.45, 7) is 15.7. The van der Waals surface area contributed by atoms with Crippen LogP contribution in [0.25, 0.3) is 0 Å². The zero-order chi connectivity index (χ0) is 29.0. The highest BCUT2D eigenvalue weighted by molar-refractivity contribution is 6.00. The summed E-state index contributed by atoms with van der Waals surface area (Å²) in [5.74, 6) is 0.174. The molecule has 39 heavy (non-hydrogen) atoms. The highest BCUT2D eigenvalue weighted by Gasteiger charge is 2.40. The fourth-order valence-electron chi connectivity index (χ4n) is 4.31. The number of carbonyl (C=O) groups excluding carboxylic acids is 3. The molecule has 0 aliphatic carbocycles. The molecule has 1 aliphatic heterocycles. The van der Waals surface area contributed by atoms with E-state index in [1.54, 1.807) is 49.9 Å². The minimum Gasteiger partial charge on any atom is -0.485 e. The van der Waals surface area contributed by atoms with Gasteiger partial charge in [0.15, 0.2) is 6.61 Å². The number of ether oxygens (including phenoxy) is 2. The molecule has 3 rings (SSSR count). The van der Waals surface area contributed by atoms with Crippen molar-refractivity contribution in [1.29, 1.82) is 0 Å². The Morgan fingerprint density at radius 1 is 1.13 bits per heavy atom. The number of hydrogen-bond acceptors (Lipinski definition) is 8. The molecule has 2 amide bonds. The number of benzene rings is 1. The average Bonchev–Trinajstić information content (AvgIpc) is 3.50.